The number of anilines is 1. The molecule has 1 amide bonds. The normalized spacial score (nSPS) is 11.9. The van der Waals surface area contributed by atoms with Crippen LogP contribution in [0, 0.1) is 18.3 Å². The van der Waals surface area contributed by atoms with Crippen LogP contribution in [0.4, 0.5) is 5.69 Å². The SMILES string of the molecule is CCOc1ccc(C)cc1C(C)NC(=O)/C(C#N)=C\Nc1cc(Cl)ccc1OC. The molecule has 6 nitrogen and oxygen atoms in total. The first-order chi connectivity index (χ1) is 13.9. The van der Waals surface area contributed by atoms with Crippen LogP contribution in [-0.2, 0) is 4.79 Å². The molecule has 0 spiro atoms. The topological polar surface area (TPSA) is 83.4 Å². The second-order valence-electron chi connectivity index (χ2n) is 6.33. The lowest BCUT2D eigenvalue weighted by molar-refractivity contribution is -0.117. The molecule has 152 valence electrons. The fourth-order valence-electron chi connectivity index (χ4n) is 2.74. The van der Waals surface area contributed by atoms with Gasteiger partial charge in [0.05, 0.1) is 25.4 Å². The molecule has 0 saturated heterocycles. The third kappa shape index (κ3) is 5.90. The average Bonchev–Trinajstić information content (AvgIpc) is 2.70. The highest BCUT2D eigenvalue weighted by Crippen LogP contribution is 2.28. The molecule has 2 N–H and O–H groups in total. The summed E-state index contributed by atoms with van der Waals surface area (Å²) in [5.74, 6) is 0.741. The minimum atomic E-state index is -0.502. The van der Waals surface area contributed by atoms with Gasteiger partial charge in [-0.15, -0.1) is 0 Å². The Labute approximate surface area is 176 Å². The van der Waals surface area contributed by atoms with Gasteiger partial charge < -0.3 is 20.1 Å². The number of benzene rings is 2. The van der Waals surface area contributed by atoms with E-state index in [1.807, 2.05) is 45.0 Å². The molecule has 2 rings (SSSR count). The van der Waals surface area contributed by atoms with E-state index >= 15 is 0 Å². The molecule has 0 radical (unpaired) electrons. The van der Waals surface area contributed by atoms with E-state index in [2.05, 4.69) is 10.6 Å². The number of aryl methyl sites for hydroxylation is 1. The second-order valence-corrected chi connectivity index (χ2v) is 6.76. The summed E-state index contributed by atoms with van der Waals surface area (Å²) in [5.41, 5.74) is 2.37. The molecule has 29 heavy (non-hydrogen) atoms. The van der Waals surface area contributed by atoms with Crippen molar-refractivity contribution < 1.29 is 14.3 Å². The Morgan fingerprint density at radius 3 is 2.66 bits per heavy atom. The van der Waals surface area contributed by atoms with E-state index in [4.69, 9.17) is 21.1 Å². The third-order valence-electron chi connectivity index (χ3n) is 4.18. The molecule has 0 fully saturated rings. The van der Waals surface area contributed by atoms with Crippen molar-refractivity contribution in [1.29, 1.82) is 5.26 Å². The summed E-state index contributed by atoms with van der Waals surface area (Å²) < 4.78 is 10.9. The highest BCUT2D eigenvalue weighted by atomic mass is 35.5. The molecule has 0 bridgehead atoms. The molecule has 0 aliphatic rings. The zero-order valence-electron chi connectivity index (χ0n) is 16.9. The third-order valence-corrected chi connectivity index (χ3v) is 4.41. The minimum absolute atomic E-state index is 0.0792. The lowest BCUT2D eigenvalue weighted by Gasteiger charge is -2.18. The summed E-state index contributed by atoms with van der Waals surface area (Å²) in [7, 11) is 1.52. The number of methoxy groups -OCH3 is 1. The van der Waals surface area contributed by atoms with Crippen LogP contribution >= 0.6 is 11.6 Å². The first-order valence-electron chi connectivity index (χ1n) is 9.14. The van der Waals surface area contributed by atoms with E-state index in [1.54, 1.807) is 18.2 Å². The van der Waals surface area contributed by atoms with E-state index in [0.29, 0.717) is 28.8 Å². The van der Waals surface area contributed by atoms with Crippen molar-refractivity contribution in [3.63, 3.8) is 0 Å². The van der Waals surface area contributed by atoms with Crippen LogP contribution in [0.5, 0.6) is 11.5 Å². The number of hydrogen-bond donors (Lipinski definition) is 2. The van der Waals surface area contributed by atoms with E-state index in [9.17, 15) is 10.1 Å². The Bertz CT molecular complexity index is 951. The van der Waals surface area contributed by atoms with Gasteiger partial charge in [0.1, 0.15) is 23.1 Å². The maximum atomic E-state index is 12.6. The number of nitrogens with zero attached hydrogens (tertiary/aromatic N) is 1. The fraction of sp³-hybridized carbons (Fsp3) is 0.273. The number of ether oxygens (including phenoxy) is 2. The van der Waals surface area contributed by atoms with Gasteiger partial charge in [-0.3, -0.25) is 4.79 Å². The van der Waals surface area contributed by atoms with Crippen molar-refractivity contribution in [2.75, 3.05) is 19.0 Å². The van der Waals surface area contributed by atoms with Gasteiger partial charge >= 0.3 is 0 Å². The van der Waals surface area contributed by atoms with E-state index < -0.39 is 5.91 Å². The predicted octanol–water partition coefficient (Wildman–Crippen LogP) is 4.75. The smallest absolute Gasteiger partial charge is 0.263 e. The lowest BCUT2D eigenvalue weighted by atomic mass is 10.0. The summed E-state index contributed by atoms with van der Waals surface area (Å²) in [6.07, 6.45) is 1.33. The number of nitriles is 1. The highest BCUT2D eigenvalue weighted by molar-refractivity contribution is 6.30. The number of amides is 1. The summed E-state index contributed by atoms with van der Waals surface area (Å²) in [4.78, 5) is 12.6. The zero-order chi connectivity index (χ0) is 21.4. The van der Waals surface area contributed by atoms with Crippen LogP contribution in [0.15, 0.2) is 48.2 Å². The molecule has 2 aromatic carbocycles. The Balaban J connectivity index is 2.18. The standard InChI is InChI=1S/C22H24ClN3O3/c1-5-29-20-8-6-14(2)10-18(20)15(3)26-22(27)16(12-24)13-25-19-11-17(23)7-9-21(19)28-4/h6-11,13,15,25H,5H2,1-4H3,(H,26,27)/b16-13-. The van der Waals surface area contributed by atoms with Gasteiger partial charge in [-0.2, -0.15) is 5.26 Å². The quantitative estimate of drug-likeness (QED) is 0.481. The summed E-state index contributed by atoms with van der Waals surface area (Å²) in [5, 5.41) is 15.7. The van der Waals surface area contributed by atoms with Crippen molar-refractivity contribution in [2.24, 2.45) is 0 Å². The van der Waals surface area contributed by atoms with Gasteiger partial charge in [0.15, 0.2) is 0 Å². The molecular weight excluding hydrogens is 390 g/mol. The highest BCUT2D eigenvalue weighted by Gasteiger charge is 2.17. The van der Waals surface area contributed by atoms with E-state index in [0.717, 1.165) is 11.1 Å². The van der Waals surface area contributed by atoms with Gasteiger partial charge in [0.2, 0.25) is 0 Å². The Morgan fingerprint density at radius 1 is 1.28 bits per heavy atom. The second kappa shape index (κ2) is 10.4. The van der Waals surface area contributed by atoms with Crippen LogP contribution < -0.4 is 20.1 Å². The number of carbonyl (C=O) groups excluding carboxylic acids is 1. The van der Waals surface area contributed by atoms with Crippen LogP contribution in [0.25, 0.3) is 0 Å². The van der Waals surface area contributed by atoms with Crippen LogP contribution in [-0.4, -0.2) is 19.6 Å². The van der Waals surface area contributed by atoms with Crippen molar-refractivity contribution in [3.05, 3.63) is 64.3 Å². The molecular formula is C22H24ClN3O3. The van der Waals surface area contributed by atoms with Gasteiger partial charge in [-0.1, -0.05) is 29.3 Å². The van der Waals surface area contributed by atoms with Crippen molar-refractivity contribution in [3.8, 4) is 17.6 Å². The summed E-state index contributed by atoms with van der Waals surface area (Å²) in [6.45, 7) is 6.24. The van der Waals surface area contributed by atoms with Gasteiger partial charge in [-0.25, -0.2) is 0 Å². The first kappa shape index (κ1) is 22.1. The van der Waals surface area contributed by atoms with Crippen molar-refractivity contribution in [1.82, 2.24) is 5.32 Å². The fourth-order valence-corrected chi connectivity index (χ4v) is 2.91. The lowest BCUT2D eigenvalue weighted by Crippen LogP contribution is -2.28. The van der Waals surface area contributed by atoms with Crippen LogP contribution in [0.1, 0.15) is 31.0 Å². The Kier molecular flexibility index (Phi) is 7.93. The maximum Gasteiger partial charge on any atom is 0.263 e. The summed E-state index contributed by atoms with van der Waals surface area (Å²) in [6, 6.07) is 12.4. The average molecular weight is 414 g/mol. The number of nitrogens with one attached hydrogen (secondary N) is 2. The minimum Gasteiger partial charge on any atom is -0.495 e. The number of rotatable bonds is 8. The predicted molar refractivity (Wildman–Crippen MR) is 114 cm³/mol. The van der Waals surface area contributed by atoms with Gasteiger partial charge in [0.25, 0.3) is 5.91 Å². The number of halogens is 1. The molecule has 0 heterocycles. The maximum absolute atomic E-state index is 12.6. The monoisotopic (exact) mass is 413 g/mol. The van der Waals surface area contributed by atoms with E-state index in [-0.39, 0.29) is 11.6 Å². The largest absolute Gasteiger partial charge is 0.495 e. The molecule has 0 saturated carbocycles. The number of carbonyl (C=O) groups is 1. The molecule has 0 aromatic heterocycles. The van der Waals surface area contributed by atoms with Gasteiger partial charge in [0, 0.05) is 16.8 Å². The summed E-state index contributed by atoms with van der Waals surface area (Å²) >= 11 is 6.00. The van der Waals surface area contributed by atoms with Crippen molar-refractivity contribution in [2.45, 2.75) is 26.8 Å². The molecule has 7 heteroatoms. The van der Waals surface area contributed by atoms with Crippen molar-refractivity contribution >= 4 is 23.2 Å². The van der Waals surface area contributed by atoms with Gasteiger partial charge in [-0.05, 0) is 45.0 Å². The first-order valence-corrected chi connectivity index (χ1v) is 9.52. The van der Waals surface area contributed by atoms with E-state index in [1.165, 1.54) is 13.3 Å². The molecule has 2 aromatic rings. The van der Waals surface area contributed by atoms with Crippen LogP contribution in [0.2, 0.25) is 5.02 Å². The molecule has 1 atom stereocenters. The molecule has 1 unspecified atom stereocenters. The molecule has 0 aliphatic carbocycles. The molecule has 0 aliphatic heterocycles. The van der Waals surface area contributed by atoms with Crippen LogP contribution in [0.3, 0.4) is 0 Å². The number of hydrogen-bond acceptors (Lipinski definition) is 5. The Morgan fingerprint density at radius 2 is 2.00 bits per heavy atom. The zero-order valence-corrected chi connectivity index (χ0v) is 17.6. The Hall–Kier alpha value is -3.17.